The number of methoxy groups -OCH3 is 2. The highest BCUT2D eigenvalue weighted by Gasteiger charge is 2.55. The summed E-state index contributed by atoms with van der Waals surface area (Å²) in [4.78, 5) is 47.0. The summed E-state index contributed by atoms with van der Waals surface area (Å²) in [6, 6.07) is 4.31. The molecule has 3 fully saturated rings. The van der Waals surface area contributed by atoms with Crippen LogP contribution in [0.4, 0.5) is 0 Å². The maximum atomic E-state index is 14.1. The largest absolute Gasteiger partial charge is 0.507 e. The van der Waals surface area contributed by atoms with Gasteiger partial charge in [-0.05, 0) is 13.0 Å². The van der Waals surface area contributed by atoms with Crippen molar-refractivity contribution >= 4 is 23.1 Å². The van der Waals surface area contributed by atoms with Gasteiger partial charge >= 0.3 is 0 Å². The predicted molar refractivity (Wildman–Crippen MR) is 181 cm³/mol. The van der Waals surface area contributed by atoms with Crippen LogP contribution in [-0.2, 0) is 34.9 Å². The number of rotatable bonds is 9. The molecule has 280 valence electrons. The van der Waals surface area contributed by atoms with E-state index in [1.54, 1.807) is 21.0 Å². The Labute approximate surface area is 300 Å². The number of carbonyl (C=O) groups is 3. The van der Waals surface area contributed by atoms with Crippen molar-refractivity contribution in [2.24, 2.45) is 10.9 Å². The third-order valence-corrected chi connectivity index (χ3v) is 10.9. The van der Waals surface area contributed by atoms with E-state index in [1.165, 1.54) is 25.3 Å². The molecule has 0 amide bonds. The number of Topliss-reactive ketones (excluding diaryl/α,β-unsaturated/α-hetero) is 1. The minimum Gasteiger partial charge on any atom is -0.507 e. The summed E-state index contributed by atoms with van der Waals surface area (Å²) in [5.41, 5.74) is -3.16. The normalized spacial score (nSPS) is 31.5. The maximum Gasteiger partial charge on any atom is 0.202 e. The Hall–Kier alpha value is -3.80. The van der Waals surface area contributed by atoms with Crippen LogP contribution in [0.2, 0.25) is 0 Å². The highest BCUT2D eigenvalue weighted by atomic mass is 16.7. The SMILES string of the molecule is COc1cccc2c1C(=O)c1c(O)c3c(c(O)c1C2=O)C[C@@](O)(C(CO)=NCC(=O)C(C)C)C[C@@H]3O[C@H]1C[C@H]2[C@H](O[C@@H]3[C@@H](OC)OCCN32)[C@H](C)O1. The molecule has 2 aliphatic carbocycles. The van der Waals surface area contributed by atoms with E-state index in [0.717, 1.165) is 0 Å². The molecule has 0 spiro atoms. The third-order valence-electron chi connectivity index (χ3n) is 10.9. The molecule has 0 bridgehead atoms. The minimum atomic E-state index is -2.01. The number of phenols is 2. The number of aromatic hydroxyl groups is 2. The number of ether oxygens (including phenoxy) is 6. The second-order valence-corrected chi connectivity index (χ2v) is 14.2. The van der Waals surface area contributed by atoms with Crippen molar-refractivity contribution in [1.82, 2.24) is 4.90 Å². The molecule has 15 nitrogen and oxygen atoms in total. The molecule has 2 aromatic carbocycles. The van der Waals surface area contributed by atoms with E-state index in [2.05, 4.69) is 9.89 Å². The first-order valence-corrected chi connectivity index (χ1v) is 17.5. The summed E-state index contributed by atoms with van der Waals surface area (Å²) in [5.74, 6) is -3.13. The van der Waals surface area contributed by atoms with Crippen molar-refractivity contribution in [1.29, 1.82) is 0 Å². The molecule has 0 radical (unpaired) electrons. The van der Waals surface area contributed by atoms with Crippen LogP contribution < -0.4 is 4.74 Å². The van der Waals surface area contributed by atoms with Gasteiger partial charge < -0.3 is 48.8 Å². The Balaban J connectivity index is 1.31. The second-order valence-electron chi connectivity index (χ2n) is 14.2. The predicted octanol–water partition coefficient (Wildman–Crippen LogP) is 1.81. The number of hydrogen-bond donors (Lipinski definition) is 4. The fourth-order valence-electron chi connectivity index (χ4n) is 8.25. The van der Waals surface area contributed by atoms with E-state index in [-0.39, 0.29) is 70.5 Å². The highest BCUT2D eigenvalue weighted by Crippen LogP contribution is 2.53. The van der Waals surface area contributed by atoms with Crippen molar-refractivity contribution in [3.63, 3.8) is 0 Å². The van der Waals surface area contributed by atoms with E-state index >= 15 is 0 Å². The molecule has 7 rings (SSSR count). The van der Waals surface area contributed by atoms with Gasteiger partial charge in [0.1, 0.15) is 29.0 Å². The molecular weight excluding hydrogens is 680 g/mol. The van der Waals surface area contributed by atoms with Gasteiger partial charge in [0.15, 0.2) is 30.4 Å². The van der Waals surface area contributed by atoms with Gasteiger partial charge in [0, 0.05) is 61.6 Å². The molecule has 52 heavy (non-hydrogen) atoms. The van der Waals surface area contributed by atoms with Gasteiger partial charge in [0.2, 0.25) is 5.78 Å². The molecule has 3 heterocycles. The van der Waals surface area contributed by atoms with Crippen LogP contribution in [-0.4, -0.2) is 132 Å². The van der Waals surface area contributed by atoms with Crippen molar-refractivity contribution in [3.05, 3.63) is 51.6 Å². The van der Waals surface area contributed by atoms with E-state index in [0.29, 0.717) is 19.6 Å². The summed E-state index contributed by atoms with van der Waals surface area (Å²) in [5, 5.41) is 46.6. The number of carbonyl (C=O) groups excluding carboxylic acids is 3. The molecule has 5 aliphatic rings. The van der Waals surface area contributed by atoms with Gasteiger partial charge in [0.05, 0.1) is 61.5 Å². The quantitative estimate of drug-likeness (QED) is 0.184. The Morgan fingerprint density at radius 2 is 1.85 bits per heavy atom. The summed E-state index contributed by atoms with van der Waals surface area (Å²) >= 11 is 0. The summed E-state index contributed by atoms with van der Waals surface area (Å²) in [7, 11) is 2.90. The summed E-state index contributed by atoms with van der Waals surface area (Å²) < 4.78 is 35.9. The molecule has 0 aromatic heterocycles. The van der Waals surface area contributed by atoms with E-state index in [9.17, 15) is 34.8 Å². The standard InChI is InChI=1S/C37H44N2O13/c1-16(2)21(41)14-38-24(15-40)37(46)12-19-27(33(45)29-28(31(19)43)30(42)18-7-6-8-22(47-4)26(18)32(29)44)23(13-37)51-25-11-20-34(17(3)50-25)52-35-36(48-5)49-10-9-39(20)35/h6-8,16-17,20,23,25,34-36,40,43,45-46H,9-15H2,1-5H3/t17-,20-,23-,25-,34+,35+,36-,37-/m0/s1. The minimum absolute atomic E-state index is 0.0132. The van der Waals surface area contributed by atoms with Crippen molar-refractivity contribution in [2.45, 2.75) is 88.8 Å². The van der Waals surface area contributed by atoms with Crippen LogP contribution in [0.1, 0.15) is 82.7 Å². The van der Waals surface area contributed by atoms with E-state index in [1.807, 2.05) is 6.92 Å². The zero-order valence-electron chi connectivity index (χ0n) is 29.7. The first-order chi connectivity index (χ1) is 24.8. The molecule has 3 aliphatic heterocycles. The van der Waals surface area contributed by atoms with E-state index < -0.39 is 83.8 Å². The van der Waals surface area contributed by atoms with Gasteiger partial charge in [-0.25, -0.2) is 0 Å². The Bertz CT molecular complexity index is 1830. The Kier molecular flexibility index (Phi) is 9.76. The van der Waals surface area contributed by atoms with Crippen molar-refractivity contribution in [3.8, 4) is 17.2 Å². The average Bonchev–Trinajstić information content (AvgIpc) is 3.51. The van der Waals surface area contributed by atoms with Crippen molar-refractivity contribution < 1.29 is 63.2 Å². The lowest BCUT2D eigenvalue weighted by Crippen LogP contribution is -2.55. The summed E-state index contributed by atoms with van der Waals surface area (Å²) in [6.07, 6.45) is -4.50. The molecule has 4 N–H and O–H groups in total. The zero-order valence-corrected chi connectivity index (χ0v) is 29.7. The van der Waals surface area contributed by atoms with Gasteiger partial charge in [-0.15, -0.1) is 0 Å². The maximum absolute atomic E-state index is 14.1. The highest BCUT2D eigenvalue weighted by molar-refractivity contribution is 6.31. The molecule has 15 heteroatoms. The number of phenolic OH excluding ortho intramolecular Hbond substituents is 2. The van der Waals surface area contributed by atoms with Crippen LogP contribution in [0.3, 0.4) is 0 Å². The van der Waals surface area contributed by atoms with Crippen LogP contribution in [0, 0.1) is 5.92 Å². The lowest BCUT2D eigenvalue weighted by Gasteiger charge is -2.44. The molecule has 8 atom stereocenters. The number of aliphatic imine (C=N–C) groups is 1. The van der Waals surface area contributed by atoms with Crippen LogP contribution in [0.15, 0.2) is 23.2 Å². The smallest absolute Gasteiger partial charge is 0.202 e. The number of benzene rings is 2. The molecule has 3 saturated heterocycles. The topological polar surface area (TPSA) is 203 Å². The first-order valence-electron chi connectivity index (χ1n) is 17.5. The summed E-state index contributed by atoms with van der Waals surface area (Å²) in [6.45, 7) is 5.22. The van der Waals surface area contributed by atoms with Crippen LogP contribution in [0.25, 0.3) is 0 Å². The molecular formula is C37H44N2O13. The average molecular weight is 725 g/mol. The fraction of sp³-hybridized carbons (Fsp3) is 0.568. The second kappa shape index (κ2) is 13.9. The van der Waals surface area contributed by atoms with Crippen LogP contribution in [0.5, 0.6) is 17.2 Å². The van der Waals surface area contributed by atoms with Crippen LogP contribution >= 0.6 is 0 Å². The Morgan fingerprint density at radius 1 is 1.10 bits per heavy atom. The third kappa shape index (κ3) is 5.83. The number of fused-ring (bicyclic) bond motifs is 6. The molecule has 0 saturated carbocycles. The lowest BCUT2D eigenvalue weighted by molar-refractivity contribution is -0.255. The molecule has 0 unspecified atom stereocenters. The van der Waals surface area contributed by atoms with Gasteiger partial charge in [-0.3, -0.25) is 24.3 Å². The fourth-order valence-corrected chi connectivity index (χ4v) is 8.25. The molecule has 2 aromatic rings. The Morgan fingerprint density at radius 3 is 2.54 bits per heavy atom. The first kappa shape index (κ1) is 36.6. The number of aliphatic hydroxyl groups is 2. The lowest BCUT2D eigenvalue weighted by atomic mass is 9.71. The van der Waals surface area contributed by atoms with Gasteiger partial charge in [-0.1, -0.05) is 26.0 Å². The van der Waals surface area contributed by atoms with Gasteiger partial charge in [0.25, 0.3) is 0 Å². The number of ketones is 3. The zero-order chi connectivity index (χ0) is 37.2. The van der Waals surface area contributed by atoms with Crippen molar-refractivity contribution in [2.75, 3.05) is 40.5 Å². The van der Waals surface area contributed by atoms with Gasteiger partial charge in [-0.2, -0.15) is 0 Å². The number of aliphatic hydroxyl groups excluding tert-OH is 1. The number of nitrogens with zero attached hydrogens (tertiary/aromatic N) is 2. The monoisotopic (exact) mass is 724 g/mol. The number of morpholine rings is 1. The number of hydrogen-bond acceptors (Lipinski definition) is 15. The van der Waals surface area contributed by atoms with E-state index in [4.69, 9.17) is 28.4 Å².